The molecule has 5 nitrogen and oxygen atoms in total. The number of benzene rings is 2. The fourth-order valence-electron chi connectivity index (χ4n) is 4.40. The van der Waals surface area contributed by atoms with Gasteiger partial charge in [-0.05, 0) is 62.3 Å². The van der Waals surface area contributed by atoms with Crippen LogP contribution in [0, 0.1) is 17.7 Å². The Hall–Kier alpha value is -1.96. The summed E-state index contributed by atoms with van der Waals surface area (Å²) in [4.78, 5) is 15.4. The largest absolute Gasteiger partial charge is 0.335 e. The first kappa shape index (κ1) is 23.2. The molecule has 1 saturated heterocycles. The summed E-state index contributed by atoms with van der Waals surface area (Å²) in [6.45, 7) is 3.20. The summed E-state index contributed by atoms with van der Waals surface area (Å²) in [5, 5.41) is -0.221. The van der Waals surface area contributed by atoms with Gasteiger partial charge < -0.3 is 4.90 Å². The van der Waals surface area contributed by atoms with E-state index in [-0.39, 0.29) is 40.9 Å². The van der Waals surface area contributed by atoms with Gasteiger partial charge in [0.1, 0.15) is 5.82 Å². The van der Waals surface area contributed by atoms with Gasteiger partial charge in [0.25, 0.3) is 0 Å². The molecule has 172 valence electrons. The average Bonchev–Trinajstić information content (AvgIpc) is 3.65. The SMILES string of the molecule is CC(C1CC1)N(Cc1ccccc1)C(=O)C1CCN(S(=O)(=O)c2ccc(F)c(Cl)c2)CC1. The number of carbonyl (C=O) groups is 1. The Kier molecular flexibility index (Phi) is 6.89. The van der Waals surface area contributed by atoms with Crippen LogP contribution in [0.5, 0.6) is 0 Å². The van der Waals surface area contributed by atoms with Crippen LogP contribution in [0.3, 0.4) is 0 Å². The molecule has 4 rings (SSSR count). The van der Waals surface area contributed by atoms with Crippen molar-refractivity contribution in [3.05, 3.63) is 64.9 Å². The van der Waals surface area contributed by atoms with Gasteiger partial charge in [-0.1, -0.05) is 41.9 Å². The van der Waals surface area contributed by atoms with Gasteiger partial charge in [-0.15, -0.1) is 0 Å². The molecular formula is C24H28ClFN2O3S. The molecule has 0 aromatic heterocycles. The summed E-state index contributed by atoms with van der Waals surface area (Å²) in [5.41, 5.74) is 1.10. The van der Waals surface area contributed by atoms with Crippen LogP contribution >= 0.6 is 11.6 Å². The van der Waals surface area contributed by atoms with E-state index in [1.807, 2.05) is 35.2 Å². The summed E-state index contributed by atoms with van der Waals surface area (Å²) in [7, 11) is -3.78. The van der Waals surface area contributed by atoms with Gasteiger partial charge in [-0.25, -0.2) is 12.8 Å². The highest BCUT2D eigenvalue weighted by atomic mass is 35.5. The van der Waals surface area contributed by atoms with E-state index < -0.39 is 15.8 Å². The third-order valence-electron chi connectivity index (χ3n) is 6.61. The summed E-state index contributed by atoms with van der Waals surface area (Å²) in [6.07, 6.45) is 3.23. The smallest absolute Gasteiger partial charge is 0.243 e. The molecule has 2 aliphatic rings. The lowest BCUT2D eigenvalue weighted by molar-refractivity contribution is -0.140. The number of halogens is 2. The fourth-order valence-corrected chi connectivity index (χ4v) is 6.14. The minimum Gasteiger partial charge on any atom is -0.335 e. The van der Waals surface area contributed by atoms with E-state index in [0.717, 1.165) is 30.5 Å². The Bertz CT molecular complexity index is 1070. The quantitative estimate of drug-likeness (QED) is 0.579. The predicted octanol–water partition coefficient (Wildman–Crippen LogP) is 4.71. The molecule has 1 heterocycles. The second kappa shape index (κ2) is 9.49. The van der Waals surface area contributed by atoms with Gasteiger partial charge in [0.05, 0.1) is 9.92 Å². The number of sulfonamides is 1. The van der Waals surface area contributed by atoms with E-state index in [9.17, 15) is 17.6 Å². The number of amides is 1. The van der Waals surface area contributed by atoms with Crippen LogP contribution in [0.4, 0.5) is 4.39 Å². The normalized spacial score (nSPS) is 19.0. The minimum absolute atomic E-state index is 0.0262. The highest BCUT2D eigenvalue weighted by Crippen LogP contribution is 2.37. The number of carbonyl (C=O) groups excluding carboxylic acids is 1. The van der Waals surface area contributed by atoms with Crippen molar-refractivity contribution in [2.75, 3.05) is 13.1 Å². The lowest BCUT2D eigenvalue weighted by Crippen LogP contribution is -2.47. The van der Waals surface area contributed by atoms with Gasteiger partial charge in [-0.3, -0.25) is 4.79 Å². The van der Waals surface area contributed by atoms with Gasteiger partial charge in [0, 0.05) is 31.6 Å². The first-order valence-corrected chi connectivity index (χ1v) is 12.9. The molecule has 0 spiro atoms. The summed E-state index contributed by atoms with van der Waals surface area (Å²) >= 11 is 5.78. The second-order valence-electron chi connectivity index (χ2n) is 8.78. The van der Waals surface area contributed by atoms with Crippen molar-refractivity contribution in [3.8, 4) is 0 Å². The number of rotatable bonds is 7. The molecule has 1 aliphatic carbocycles. The Balaban J connectivity index is 1.44. The van der Waals surface area contributed by atoms with Crippen molar-refractivity contribution < 1.29 is 17.6 Å². The summed E-state index contributed by atoms with van der Waals surface area (Å²) in [6, 6.07) is 13.6. The summed E-state index contributed by atoms with van der Waals surface area (Å²) in [5.74, 6) is -0.206. The Morgan fingerprint density at radius 2 is 1.78 bits per heavy atom. The second-order valence-corrected chi connectivity index (χ2v) is 11.1. The van der Waals surface area contributed by atoms with E-state index in [2.05, 4.69) is 6.92 Å². The Morgan fingerprint density at radius 1 is 1.12 bits per heavy atom. The van der Waals surface area contributed by atoms with Gasteiger partial charge in [0.15, 0.2) is 0 Å². The number of hydrogen-bond donors (Lipinski definition) is 0. The molecule has 1 unspecified atom stereocenters. The molecule has 0 N–H and O–H groups in total. The average molecular weight is 479 g/mol. The van der Waals surface area contributed by atoms with Crippen molar-refractivity contribution in [1.82, 2.24) is 9.21 Å². The summed E-state index contributed by atoms with van der Waals surface area (Å²) < 4.78 is 40.7. The van der Waals surface area contributed by atoms with Crippen LogP contribution < -0.4 is 0 Å². The third-order valence-corrected chi connectivity index (χ3v) is 8.79. The monoisotopic (exact) mass is 478 g/mol. The zero-order chi connectivity index (χ0) is 22.9. The first-order chi connectivity index (χ1) is 15.3. The standard InChI is InChI=1S/C24H28ClFN2O3S/c1-17(19-7-8-19)28(16-18-5-3-2-4-6-18)24(29)20-11-13-27(14-12-20)32(30,31)21-9-10-23(26)22(25)15-21/h2-6,9-10,15,17,19-20H,7-8,11-14,16H2,1H3. The van der Waals surface area contributed by atoms with E-state index in [1.54, 1.807) is 0 Å². The third kappa shape index (κ3) is 5.00. The molecule has 1 aliphatic heterocycles. The highest BCUT2D eigenvalue weighted by Gasteiger charge is 2.39. The van der Waals surface area contributed by atoms with E-state index in [4.69, 9.17) is 11.6 Å². The van der Waals surface area contributed by atoms with Gasteiger partial charge in [0.2, 0.25) is 15.9 Å². The zero-order valence-electron chi connectivity index (χ0n) is 18.1. The van der Waals surface area contributed by atoms with Gasteiger partial charge >= 0.3 is 0 Å². The van der Waals surface area contributed by atoms with Crippen molar-refractivity contribution in [2.24, 2.45) is 11.8 Å². The number of hydrogen-bond acceptors (Lipinski definition) is 3. The molecular weight excluding hydrogens is 451 g/mol. The molecule has 32 heavy (non-hydrogen) atoms. The molecule has 2 aromatic rings. The fraction of sp³-hybridized carbons (Fsp3) is 0.458. The van der Waals surface area contributed by atoms with Gasteiger partial charge in [-0.2, -0.15) is 4.31 Å². The zero-order valence-corrected chi connectivity index (χ0v) is 19.7. The van der Waals surface area contributed by atoms with E-state index in [0.29, 0.717) is 25.3 Å². The molecule has 1 atom stereocenters. The predicted molar refractivity (Wildman–Crippen MR) is 122 cm³/mol. The highest BCUT2D eigenvalue weighted by molar-refractivity contribution is 7.89. The molecule has 2 aromatic carbocycles. The number of piperidine rings is 1. The van der Waals surface area contributed by atoms with Crippen LogP contribution in [-0.4, -0.2) is 42.7 Å². The van der Waals surface area contributed by atoms with Crippen LogP contribution in [-0.2, 0) is 21.4 Å². The van der Waals surface area contributed by atoms with Crippen LogP contribution in [0.2, 0.25) is 5.02 Å². The van der Waals surface area contributed by atoms with Crippen molar-refractivity contribution in [3.63, 3.8) is 0 Å². The van der Waals surface area contributed by atoms with Crippen molar-refractivity contribution in [2.45, 2.75) is 50.1 Å². The Labute approximate surface area is 194 Å². The lowest BCUT2D eigenvalue weighted by atomic mass is 9.95. The van der Waals surface area contributed by atoms with Crippen molar-refractivity contribution in [1.29, 1.82) is 0 Å². The lowest BCUT2D eigenvalue weighted by Gasteiger charge is -2.36. The maximum absolute atomic E-state index is 13.5. The number of nitrogens with zero attached hydrogens (tertiary/aromatic N) is 2. The first-order valence-electron chi connectivity index (χ1n) is 11.1. The van der Waals surface area contributed by atoms with Crippen LogP contribution in [0.1, 0.15) is 38.2 Å². The molecule has 2 fully saturated rings. The molecule has 0 bridgehead atoms. The van der Waals surface area contributed by atoms with Crippen LogP contribution in [0.15, 0.2) is 53.4 Å². The van der Waals surface area contributed by atoms with Crippen LogP contribution in [0.25, 0.3) is 0 Å². The maximum atomic E-state index is 13.5. The molecule has 1 saturated carbocycles. The van der Waals surface area contributed by atoms with Crippen molar-refractivity contribution >= 4 is 27.5 Å². The molecule has 8 heteroatoms. The molecule has 0 radical (unpaired) electrons. The van der Waals surface area contributed by atoms with E-state index >= 15 is 0 Å². The maximum Gasteiger partial charge on any atom is 0.243 e. The molecule has 1 amide bonds. The Morgan fingerprint density at radius 3 is 2.38 bits per heavy atom. The minimum atomic E-state index is -3.78. The topological polar surface area (TPSA) is 57.7 Å². The van der Waals surface area contributed by atoms with E-state index in [1.165, 1.54) is 10.4 Å².